The molecule has 5 nitrogen and oxygen atoms in total. The molecule has 3 rings (SSSR count). The number of hydrogen-bond donors (Lipinski definition) is 1. The number of hydrogen-bond acceptors (Lipinski definition) is 4. The summed E-state index contributed by atoms with van der Waals surface area (Å²) in [6.45, 7) is 4.98. The molecule has 1 atom stereocenters. The molecular weight excluding hydrogens is 402 g/mol. The van der Waals surface area contributed by atoms with Crippen LogP contribution in [-0.2, 0) is 6.42 Å². The summed E-state index contributed by atoms with van der Waals surface area (Å²) in [5.41, 5.74) is 2.76. The highest BCUT2D eigenvalue weighted by atomic mass is 16.5. The summed E-state index contributed by atoms with van der Waals surface area (Å²) in [6, 6.07) is 23.1. The zero-order valence-electron chi connectivity index (χ0n) is 19.0. The van der Waals surface area contributed by atoms with E-state index in [1.165, 1.54) is 5.56 Å². The molecule has 0 aromatic heterocycles. The molecule has 168 valence electrons. The highest BCUT2D eigenvalue weighted by Gasteiger charge is 2.19. The molecule has 0 radical (unpaired) electrons. The first-order chi connectivity index (χ1) is 15.6. The third kappa shape index (κ3) is 6.27. The summed E-state index contributed by atoms with van der Waals surface area (Å²) in [5.74, 6) is 1.90. The third-order valence-electron chi connectivity index (χ3n) is 5.17. The van der Waals surface area contributed by atoms with Crippen LogP contribution in [0.5, 0.6) is 17.2 Å². The Hall–Kier alpha value is -3.47. The van der Waals surface area contributed by atoms with Gasteiger partial charge in [0.1, 0.15) is 5.75 Å². The van der Waals surface area contributed by atoms with E-state index in [2.05, 4.69) is 17.4 Å². The smallest absolute Gasteiger partial charge is 0.251 e. The summed E-state index contributed by atoms with van der Waals surface area (Å²) in [4.78, 5) is 13.1. The van der Waals surface area contributed by atoms with Crippen LogP contribution in [0.25, 0.3) is 0 Å². The molecule has 5 heteroatoms. The molecule has 0 unspecified atom stereocenters. The van der Waals surface area contributed by atoms with Crippen LogP contribution in [0.3, 0.4) is 0 Å². The minimum atomic E-state index is -0.191. The van der Waals surface area contributed by atoms with Crippen LogP contribution in [0.15, 0.2) is 72.8 Å². The number of aryl methyl sites for hydroxylation is 1. The number of carbonyl (C=O) groups is 1. The van der Waals surface area contributed by atoms with Gasteiger partial charge in [-0.1, -0.05) is 42.5 Å². The quantitative estimate of drug-likeness (QED) is 0.428. The maximum Gasteiger partial charge on any atom is 0.251 e. The van der Waals surface area contributed by atoms with Crippen LogP contribution in [0.2, 0.25) is 0 Å². The number of amides is 1. The van der Waals surface area contributed by atoms with Gasteiger partial charge in [-0.15, -0.1) is 0 Å². The Kier molecular flexibility index (Phi) is 8.55. The zero-order chi connectivity index (χ0) is 22.8. The van der Waals surface area contributed by atoms with E-state index >= 15 is 0 Å². The molecule has 3 aromatic rings. The highest BCUT2D eigenvalue weighted by molar-refractivity contribution is 5.94. The molecule has 0 heterocycles. The first-order valence-electron chi connectivity index (χ1n) is 11.0. The molecule has 3 aromatic carbocycles. The van der Waals surface area contributed by atoms with Crippen LogP contribution in [0.1, 0.15) is 47.8 Å². The third-order valence-corrected chi connectivity index (χ3v) is 5.17. The minimum absolute atomic E-state index is 0.145. The van der Waals surface area contributed by atoms with E-state index < -0.39 is 0 Å². The molecule has 32 heavy (non-hydrogen) atoms. The lowest BCUT2D eigenvalue weighted by Crippen LogP contribution is -2.29. The number of benzene rings is 3. The Balaban J connectivity index is 1.87. The van der Waals surface area contributed by atoms with E-state index in [0.29, 0.717) is 36.0 Å². The maximum absolute atomic E-state index is 13.1. The fraction of sp³-hybridized carbons (Fsp3) is 0.296. The summed E-state index contributed by atoms with van der Waals surface area (Å²) >= 11 is 0. The second-order valence-corrected chi connectivity index (χ2v) is 7.35. The van der Waals surface area contributed by atoms with Crippen LogP contribution in [0, 0.1) is 0 Å². The summed E-state index contributed by atoms with van der Waals surface area (Å²) in [6.07, 6.45) is 1.58. The van der Waals surface area contributed by atoms with Gasteiger partial charge in [-0.05, 0) is 68.1 Å². The Morgan fingerprint density at radius 2 is 1.62 bits per heavy atom. The molecule has 0 aliphatic heterocycles. The van der Waals surface area contributed by atoms with Crippen LogP contribution >= 0.6 is 0 Å². The van der Waals surface area contributed by atoms with E-state index in [-0.39, 0.29) is 11.9 Å². The summed E-state index contributed by atoms with van der Waals surface area (Å²) in [5, 5.41) is 3.20. The standard InChI is InChI=1S/C27H31NO4/c1-4-31-25-17-15-21(19-26(25)32-5-2)24(16-14-20-10-7-6-8-11-20)28-27(29)22-12-9-13-23(18-22)30-3/h6-13,15,17-19,24H,4-5,14,16H2,1-3H3,(H,28,29)/t24-/m1/s1. The predicted molar refractivity (Wildman–Crippen MR) is 127 cm³/mol. The molecule has 0 aliphatic carbocycles. The summed E-state index contributed by atoms with van der Waals surface area (Å²) < 4.78 is 16.8. The van der Waals surface area contributed by atoms with Gasteiger partial charge in [0.15, 0.2) is 11.5 Å². The van der Waals surface area contributed by atoms with Gasteiger partial charge >= 0.3 is 0 Å². The van der Waals surface area contributed by atoms with Gasteiger partial charge in [-0.3, -0.25) is 4.79 Å². The van der Waals surface area contributed by atoms with Crippen LogP contribution in [0.4, 0.5) is 0 Å². The Morgan fingerprint density at radius 1 is 0.875 bits per heavy atom. The number of ether oxygens (including phenoxy) is 3. The molecule has 0 fully saturated rings. The van der Waals surface area contributed by atoms with E-state index in [1.807, 2.05) is 62.4 Å². The van der Waals surface area contributed by atoms with E-state index in [4.69, 9.17) is 14.2 Å². The van der Waals surface area contributed by atoms with Crippen molar-refractivity contribution < 1.29 is 19.0 Å². The Morgan fingerprint density at radius 3 is 2.34 bits per heavy atom. The van der Waals surface area contributed by atoms with Crippen LogP contribution < -0.4 is 19.5 Å². The van der Waals surface area contributed by atoms with Gasteiger partial charge in [0.2, 0.25) is 0 Å². The number of nitrogens with one attached hydrogen (secondary N) is 1. The predicted octanol–water partition coefficient (Wildman–Crippen LogP) is 5.60. The molecule has 1 amide bonds. The lowest BCUT2D eigenvalue weighted by Gasteiger charge is -2.21. The van der Waals surface area contributed by atoms with Crippen LogP contribution in [-0.4, -0.2) is 26.2 Å². The minimum Gasteiger partial charge on any atom is -0.497 e. The fourth-order valence-electron chi connectivity index (χ4n) is 3.57. The highest BCUT2D eigenvalue weighted by Crippen LogP contribution is 2.32. The van der Waals surface area contributed by atoms with E-state index in [9.17, 15) is 4.79 Å². The second kappa shape index (κ2) is 11.8. The molecule has 0 bridgehead atoms. The van der Waals surface area contributed by atoms with Gasteiger partial charge in [0.05, 0.1) is 26.4 Å². The molecular formula is C27H31NO4. The number of carbonyl (C=O) groups excluding carboxylic acids is 1. The normalized spacial score (nSPS) is 11.5. The van der Waals surface area contributed by atoms with Gasteiger partial charge < -0.3 is 19.5 Å². The lowest BCUT2D eigenvalue weighted by molar-refractivity contribution is 0.0934. The second-order valence-electron chi connectivity index (χ2n) is 7.35. The maximum atomic E-state index is 13.1. The Bertz CT molecular complexity index is 1000. The first-order valence-corrected chi connectivity index (χ1v) is 11.0. The SMILES string of the molecule is CCOc1ccc([C@@H](CCc2ccccc2)NC(=O)c2cccc(OC)c2)cc1OCC. The molecule has 0 saturated heterocycles. The van der Waals surface area contributed by atoms with Crippen molar-refractivity contribution in [2.45, 2.75) is 32.7 Å². The summed E-state index contributed by atoms with van der Waals surface area (Å²) in [7, 11) is 1.59. The average molecular weight is 434 g/mol. The molecule has 1 N–H and O–H groups in total. The number of methoxy groups -OCH3 is 1. The van der Waals surface area contributed by atoms with Crippen molar-refractivity contribution in [2.24, 2.45) is 0 Å². The average Bonchev–Trinajstić information content (AvgIpc) is 2.83. The van der Waals surface area contributed by atoms with Crippen molar-refractivity contribution in [3.05, 3.63) is 89.5 Å². The monoisotopic (exact) mass is 433 g/mol. The van der Waals surface area contributed by atoms with Crippen molar-refractivity contribution in [2.75, 3.05) is 20.3 Å². The first kappa shape index (κ1) is 23.2. The topological polar surface area (TPSA) is 56.8 Å². The van der Waals surface area contributed by atoms with Gasteiger partial charge in [0, 0.05) is 5.56 Å². The zero-order valence-corrected chi connectivity index (χ0v) is 19.0. The number of rotatable bonds is 11. The van der Waals surface area contributed by atoms with Gasteiger partial charge in [-0.2, -0.15) is 0 Å². The van der Waals surface area contributed by atoms with Crippen molar-refractivity contribution >= 4 is 5.91 Å². The molecule has 0 aliphatic rings. The van der Waals surface area contributed by atoms with Crippen molar-refractivity contribution in [1.82, 2.24) is 5.32 Å². The van der Waals surface area contributed by atoms with Crippen molar-refractivity contribution in [3.63, 3.8) is 0 Å². The van der Waals surface area contributed by atoms with Crippen molar-refractivity contribution in [3.8, 4) is 17.2 Å². The van der Waals surface area contributed by atoms with Gasteiger partial charge in [0.25, 0.3) is 5.91 Å². The molecule has 0 spiro atoms. The van der Waals surface area contributed by atoms with Crippen molar-refractivity contribution in [1.29, 1.82) is 0 Å². The van der Waals surface area contributed by atoms with E-state index in [0.717, 1.165) is 18.4 Å². The fourth-order valence-corrected chi connectivity index (χ4v) is 3.57. The molecule has 0 saturated carbocycles. The lowest BCUT2D eigenvalue weighted by atomic mass is 9.98. The Labute approximate surface area is 190 Å². The van der Waals surface area contributed by atoms with E-state index in [1.54, 1.807) is 19.2 Å². The largest absolute Gasteiger partial charge is 0.497 e. The van der Waals surface area contributed by atoms with Gasteiger partial charge in [-0.25, -0.2) is 0 Å².